The first-order valence-corrected chi connectivity index (χ1v) is 24.3. The van der Waals surface area contributed by atoms with Crippen molar-refractivity contribution < 1.29 is 32.7 Å². The minimum Gasteiger partial charge on any atom is -0.385 e. The number of rotatable bonds is 10. The van der Waals surface area contributed by atoms with E-state index in [4.69, 9.17) is 27.2 Å². The van der Waals surface area contributed by atoms with Crippen molar-refractivity contribution in [2.45, 2.75) is 89.7 Å². The summed E-state index contributed by atoms with van der Waals surface area (Å²) < 4.78 is 38.4. The number of anilines is 4. The number of methoxy groups -OCH3 is 1. The largest absolute Gasteiger partial charge is 0.385 e. The number of carbonyl (C=O) groups is 4. The lowest BCUT2D eigenvalue weighted by Crippen LogP contribution is -2.53. The Morgan fingerprint density at radius 3 is 2.32 bits per heavy atom. The molecular formula is C49H62ClF2N11O5. The zero-order valence-corrected chi connectivity index (χ0v) is 39.9. The first kappa shape index (κ1) is 47.6. The van der Waals surface area contributed by atoms with Gasteiger partial charge in [-0.05, 0) is 125 Å². The van der Waals surface area contributed by atoms with Crippen LogP contribution in [0.5, 0.6) is 0 Å². The predicted octanol–water partition coefficient (Wildman–Crippen LogP) is 6.63. The van der Waals surface area contributed by atoms with Crippen molar-refractivity contribution in [1.29, 1.82) is 0 Å². The summed E-state index contributed by atoms with van der Waals surface area (Å²) in [6.07, 6.45) is 10.8. The van der Waals surface area contributed by atoms with Crippen molar-refractivity contribution in [2.24, 2.45) is 17.1 Å². The molecule has 4 saturated heterocycles. The summed E-state index contributed by atoms with van der Waals surface area (Å²) in [6, 6.07) is 10.7. The second kappa shape index (κ2) is 19.5. The van der Waals surface area contributed by atoms with Gasteiger partial charge in [0.2, 0.25) is 5.91 Å². The number of imide groups is 1. The zero-order chi connectivity index (χ0) is 47.9. The van der Waals surface area contributed by atoms with Crippen LogP contribution < -0.4 is 26.2 Å². The molecule has 19 heteroatoms. The molecule has 4 aromatic rings. The Hall–Kier alpha value is -5.43. The van der Waals surface area contributed by atoms with Gasteiger partial charge in [-0.2, -0.15) is 0 Å². The molecule has 7 heterocycles. The highest BCUT2D eigenvalue weighted by atomic mass is 35.5. The van der Waals surface area contributed by atoms with Gasteiger partial charge in [-0.1, -0.05) is 23.7 Å². The quantitative estimate of drug-likeness (QED) is 0.156. The van der Waals surface area contributed by atoms with Crippen molar-refractivity contribution in [3.8, 4) is 0 Å². The van der Waals surface area contributed by atoms with Gasteiger partial charge in [0.1, 0.15) is 5.69 Å². The highest BCUT2D eigenvalue weighted by Crippen LogP contribution is 2.44. The number of benzene rings is 2. The molecule has 16 nitrogen and oxygen atoms in total. The number of ether oxygens (including phenoxy) is 1. The molecule has 6 aliphatic rings. The maximum absolute atomic E-state index is 16.0. The molecule has 1 unspecified atom stereocenters. The van der Waals surface area contributed by atoms with Crippen LogP contribution in [0.2, 0.25) is 5.02 Å². The Labute approximate surface area is 400 Å². The fourth-order valence-electron chi connectivity index (χ4n) is 10.8. The summed E-state index contributed by atoms with van der Waals surface area (Å²) in [5, 5.41) is 10.6. The molecule has 2 aromatic carbocycles. The Bertz CT molecular complexity index is 2570. The van der Waals surface area contributed by atoms with Gasteiger partial charge in [-0.15, -0.1) is 5.10 Å². The fourth-order valence-corrected chi connectivity index (χ4v) is 11.1. The number of alkyl halides is 2. The fraction of sp³-hybridized carbons (Fsp3) is 0.551. The van der Waals surface area contributed by atoms with Crippen molar-refractivity contribution >= 4 is 63.9 Å². The lowest BCUT2D eigenvalue weighted by Gasteiger charge is -2.48. The van der Waals surface area contributed by atoms with Gasteiger partial charge in [0.15, 0.2) is 11.5 Å². The molecule has 2 aromatic heterocycles. The number of aromatic nitrogens is 3. The monoisotopic (exact) mass is 957 g/mol. The van der Waals surface area contributed by atoms with E-state index in [1.807, 2.05) is 34.1 Å². The third kappa shape index (κ3) is 9.61. The number of hydrogen-bond acceptors (Lipinski definition) is 11. The van der Waals surface area contributed by atoms with E-state index in [0.29, 0.717) is 90.8 Å². The van der Waals surface area contributed by atoms with Gasteiger partial charge in [-0.25, -0.2) is 23.1 Å². The van der Waals surface area contributed by atoms with Crippen molar-refractivity contribution in [3.05, 3.63) is 75.6 Å². The van der Waals surface area contributed by atoms with E-state index in [1.54, 1.807) is 33.2 Å². The number of nitrogens with two attached hydrogens (primary N) is 1. The molecule has 0 radical (unpaired) electrons. The molecule has 364 valence electrons. The average molecular weight is 959 g/mol. The zero-order valence-electron chi connectivity index (χ0n) is 39.2. The Balaban J connectivity index is 0.000000894. The third-order valence-electron chi connectivity index (χ3n) is 15.4. The first-order chi connectivity index (χ1) is 32.7. The van der Waals surface area contributed by atoms with Crippen LogP contribution in [0.15, 0.2) is 42.6 Å². The van der Waals surface area contributed by atoms with Crippen molar-refractivity contribution in [1.82, 2.24) is 34.6 Å². The molecule has 5 amide bonds. The highest BCUT2D eigenvalue weighted by Gasteiger charge is 2.47. The topological polar surface area (TPSA) is 174 Å². The van der Waals surface area contributed by atoms with E-state index in [-0.39, 0.29) is 42.4 Å². The van der Waals surface area contributed by atoms with Crippen molar-refractivity contribution in [3.63, 3.8) is 0 Å². The number of amides is 5. The van der Waals surface area contributed by atoms with Gasteiger partial charge in [-0.3, -0.25) is 29.5 Å². The van der Waals surface area contributed by atoms with E-state index in [1.165, 1.54) is 34.9 Å². The normalized spacial score (nSPS) is 21.9. The second-order valence-electron chi connectivity index (χ2n) is 19.4. The van der Waals surface area contributed by atoms with Gasteiger partial charge < -0.3 is 30.5 Å². The van der Waals surface area contributed by atoms with Crippen LogP contribution in [0, 0.1) is 18.3 Å². The minimum atomic E-state index is -2.83. The molecular weight excluding hydrogens is 896 g/mol. The number of primary amides is 1. The van der Waals surface area contributed by atoms with Crippen LogP contribution in [0.4, 0.5) is 36.5 Å². The number of hydrogen-bond donors (Lipinski definition) is 3. The number of nitrogens with one attached hydrogen (secondary N) is 2. The Kier molecular flexibility index (Phi) is 13.7. The van der Waals surface area contributed by atoms with Crippen LogP contribution in [-0.4, -0.2) is 138 Å². The van der Waals surface area contributed by atoms with Crippen LogP contribution in [0.1, 0.15) is 95.3 Å². The van der Waals surface area contributed by atoms with Crippen LogP contribution >= 0.6 is 11.6 Å². The van der Waals surface area contributed by atoms with E-state index >= 15 is 8.78 Å². The SMILES string of the molecule is CNc1cc(N2CCc3c(CN4CCC(CN5CCC6(CC5)CCN(C(=O)c5cc(Cl)c(C)c(N7CCC(=O)NC7=O)c5)CC6)C(F)(F)C4)cccc32)nn2c(C(N)=O)cnc12.COC1CCC1. The molecule has 5 aliphatic heterocycles. The van der Waals surface area contributed by atoms with E-state index in [9.17, 15) is 19.2 Å². The molecule has 10 rings (SSSR count). The van der Waals surface area contributed by atoms with Crippen LogP contribution in [-0.2, 0) is 22.5 Å². The third-order valence-corrected chi connectivity index (χ3v) is 15.8. The molecule has 1 atom stereocenters. The van der Waals surface area contributed by atoms with E-state index in [0.717, 1.165) is 62.0 Å². The Morgan fingerprint density at radius 1 is 0.941 bits per heavy atom. The maximum Gasteiger partial charge on any atom is 0.328 e. The predicted molar refractivity (Wildman–Crippen MR) is 256 cm³/mol. The number of nitrogens with zero attached hydrogens (tertiary/aromatic N) is 8. The standard InChI is InChI=1S/C44H52ClF2N11O4.C5H10O/c1-27-32(45)20-29(21-35(27)57-15-8-38(59)51-42(57)62)41(61)55-18-11-43(12-19-55)9-16-53(17-10-43)25-30-6-13-54(26-44(30,46)47)24-28-4-3-5-34-31(28)7-14-56(34)37-22-33(49-2)40-50-23-36(39(48)60)58(40)52-37;1-6-5-3-2-4-5/h3-5,20-23,30,49H,6-19,24-26H2,1-2H3,(H2,48,60)(H,51,59,62);5H,2-4H2,1H3. The molecule has 0 bridgehead atoms. The van der Waals surface area contributed by atoms with E-state index in [2.05, 4.69) is 25.4 Å². The number of imidazole rings is 1. The maximum atomic E-state index is 16.0. The molecule has 1 spiro atoms. The number of halogens is 3. The molecule has 1 aliphatic carbocycles. The average Bonchev–Trinajstić information content (AvgIpc) is 3.95. The number of likely N-dealkylation sites (tertiary alicyclic amines) is 3. The smallest absolute Gasteiger partial charge is 0.328 e. The number of fused-ring (bicyclic) bond motifs is 2. The minimum absolute atomic E-state index is 0.0725. The molecule has 68 heavy (non-hydrogen) atoms. The van der Waals surface area contributed by atoms with Gasteiger partial charge in [0.05, 0.1) is 30.2 Å². The second-order valence-corrected chi connectivity index (χ2v) is 19.8. The summed E-state index contributed by atoms with van der Waals surface area (Å²) in [6.45, 7) is 6.46. The van der Waals surface area contributed by atoms with E-state index < -0.39 is 23.8 Å². The summed E-state index contributed by atoms with van der Waals surface area (Å²) in [5.74, 6) is -4.03. The van der Waals surface area contributed by atoms with Gasteiger partial charge in [0.25, 0.3) is 17.7 Å². The summed E-state index contributed by atoms with van der Waals surface area (Å²) in [4.78, 5) is 64.0. The number of piperidine rings is 3. The lowest BCUT2D eigenvalue weighted by molar-refractivity contribution is -0.123. The van der Waals surface area contributed by atoms with Gasteiger partial charge in [0, 0.05) is 88.1 Å². The molecule has 1 saturated carbocycles. The summed E-state index contributed by atoms with van der Waals surface area (Å²) in [7, 11) is 3.56. The first-order valence-electron chi connectivity index (χ1n) is 24.0. The molecule has 5 fully saturated rings. The van der Waals surface area contributed by atoms with Crippen molar-refractivity contribution in [2.75, 3.05) is 88.2 Å². The summed E-state index contributed by atoms with van der Waals surface area (Å²) in [5.41, 5.74) is 11.7. The molecule has 4 N–H and O–H groups in total. The number of urea groups is 1. The Morgan fingerprint density at radius 2 is 1.68 bits per heavy atom. The lowest BCUT2D eigenvalue weighted by atomic mass is 9.71. The van der Waals surface area contributed by atoms with Gasteiger partial charge >= 0.3 is 6.03 Å². The van der Waals surface area contributed by atoms with Crippen LogP contribution in [0.3, 0.4) is 0 Å². The number of carbonyl (C=O) groups excluding carboxylic acids is 4. The van der Waals surface area contributed by atoms with Crippen LogP contribution in [0.25, 0.3) is 5.65 Å². The summed E-state index contributed by atoms with van der Waals surface area (Å²) >= 11 is 6.56. The highest BCUT2D eigenvalue weighted by molar-refractivity contribution is 6.32.